The van der Waals surface area contributed by atoms with Gasteiger partial charge >= 0.3 is 0 Å². The highest BCUT2D eigenvalue weighted by atomic mass is 32.2. The van der Waals surface area contributed by atoms with Crippen molar-refractivity contribution >= 4 is 38.1 Å². The van der Waals surface area contributed by atoms with E-state index in [4.69, 9.17) is 0 Å². The third-order valence-electron chi connectivity index (χ3n) is 9.04. The zero-order valence-corrected chi connectivity index (χ0v) is 30.5. The lowest BCUT2D eigenvalue weighted by atomic mass is 10.1. The number of unbranched alkanes of at least 4 members (excludes halogenated alkanes) is 4. The molecule has 1 atom stereocenters. The molecule has 0 N–H and O–H groups in total. The normalized spacial score (nSPS) is 12.7. The second kappa shape index (κ2) is 19.2. The summed E-state index contributed by atoms with van der Waals surface area (Å²) in [7, 11) is -3.72. The Kier molecular flexibility index (Phi) is 14.8. The minimum atomic E-state index is -3.72. The maximum atomic E-state index is 14.3. The SMILES string of the molecule is CCCCN(CCCC)c1ccc(C=CC=CC(c2ccc(N(CCCC)CCCC)cc2)S(=O)(=O)c2ccc3ccccc3c2)cc1. The molecule has 0 aliphatic carbocycles. The molecule has 0 aliphatic heterocycles. The molecule has 0 heterocycles. The predicted octanol–water partition coefficient (Wildman–Crippen LogP) is 11.4. The van der Waals surface area contributed by atoms with Crippen molar-refractivity contribution in [3.05, 3.63) is 120 Å². The number of anilines is 2. The number of hydrogen-bond donors (Lipinski definition) is 0. The van der Waals surface area contributed by atoms with E-state index in [9.17, 15) is 8.42 Å². The molecule has 1 unspecified atom stereocenters. The van der Waals surface area contributed by atoms with E-state index in [0.29, 0.717) is 4.90 Å². The number of rotatable bonds is 20. The molecule has 0 spiro atoms. The summed E-state index contributed by atoms with van der Waals surface area (Å²) in [5, 5.41) is 1.13. The number of nitrogens with zero attached hydrogens (tertiary/aromatic N) is 2. The van der Waals surface area contributed by atoms with Crippen molar-refractivity contribution in [1.29, 1.82) is 0 Å². The van der Waals surface area contributed by atoms with Crippen molar-refractivity contribution in [2.75, 3.05) is 36.0 Å². The quantitative estimate of drug-likeness (QED) is 0.0882. The molecular formula is C43H56N2O2S. The van der Waals surface area contributed by atoms with Crippen LogP contribution in [-0.2, 0) is 9.84 Å². The second-order valence-electron chi connectivity index (χ2n) is 12.8. The van der Waals surface area contributed by atoms with E-state index in [0.717, 1.165) is 79.4 Å². The van der Waals surface area contributed by atoms with Gasteiger partial charge in [0, 0.05) is 37.6 Å². The fourth-order valence-electron chi connectivity index (χ4n) is 6.02. The van der Waals surface area contributed by atoms with Crippen molar-refractivity contribution < 1.29 is 8.42 Å². The number of benzene rings is 4. The molecule has 0 fully saturated rings. The summed E-state index contributed by atoms with van der Waals surface area (Å²) in [5.41, 5.74) is 4.27. The minimum absolute atomic E-state index is 0.336. The summed E-state index contributed by atoms with van der Waals surface area (Å²) in [6.07, 6.45) is 17.0. The molecule has 5 heteroatoms. The molecule has 4 aromatic rings. The monoisotopic (exact) mass is 664 g/mol. The summed E-state index contributed by atoms with van der Waals surface area (Å²) in [6, 6.07) is 30.2. The van der Waals surface area contributed by atoms with Gasteiger partial charge in [-0.3, -0.25) is 0 Å². The Labute approximate surface area is 291 Å². The van der Waals surface area contributed by atoms with Crippen LogP contribution >= 0.6 is 0 Å². The largest absolute Gasteiger partial charge is 0.372 e. The van der Waals surface area contributed by atoms with Crippen LogP contribution in [0.4, 0.5) is 11.4 Å². The highest BCUT2D eigenvalue weighted by Gasteiger charge is 2.27. The number of fused-ring (bicyclic) bond motifs is 1. The van der Waals surface area contributed by atoms with Gasteiger partial charge in [-0.1, -0.05) is 132 Å². The van der Waals surface area contributed by atoms with Crippen LogP contribution in [0.1, 0.15) is 95.4 Å². The van der Waals surface area contributed by atoms with Gasteiger partial charge in [0.2, 0.25) is 0 Å². The van der Waals surface area contributed by atoms with Crippen LogP contribution in [0.3, 0.4) is 0 Å². The fourth-order valence-corrected chi connectivity index (χ4v) is 7.68. The number of allylic oxidation sites excluding steroid dienone is 2. The predicted molar refractivity (Wildman–Crippen MR) is 209 cm³/mol. The van der Waals surface area contributed by atoms with Gasteiger partial charge in [-0.15, -0.1) is 0 Å². The van der Waals surface area contributed by atoms with Crippen LogP contribution < -0.4 is 9.80 Å². The topological polar surface area (TPSA) is 40.6 Å². The highest BCUT2D eigenvalue weighted by molar-refractivity contribution is 7.91. The molecule has 4 nitrogen and oxygen atoms in total. The van der Waals surface area contributed by atoms with Gasteiger partial charge < -0.3 is 9.80 Å². The molecule has 48 heavy (non-hydrogen) atoms. The maximum Gasteiger partial charge on any atom is 0.188 e. The average molecular weight is 665 g/mol. The summed E-state index contributed by atoms with van der Waals surface area (Å²) in [6.45, 7) is 13.1. The van der Waals surface area contributed by atoms with Crippen LogP contribution in [-0.4, -0.2) is 34.6 Å². The molecule has 0 saturated heterocycles. The molecule has 0 aliphatic rings. The molecule has 0 bridgehead atoms. The Morgan fingerprint density at radius 3 is 1.60 bits per heavy atom. The van der Waals surface area contributed by atoms with Crippen LogP contribution in [0, 0.1) is 0 Å². The van der Waals surface area contributed by atoms with Crippen LogP contribution in [0.2, 0.25) is 0 Å². The first-order valence-corrected chi connectivity index (χ1v) is 19.7. The lowest BCUT2D eigenvalue weighted by molar-refractivity contribution is 0.590. The van der Waals surface area contributed by atoms with Gasteiger partial charge in [0.15, 0.2) is 9.84 Å². The molecule has 0 amide bonds. The fraction of sp³-hybridized carbons (Fsp3) is 0.395. The summed E-state index contributed by atoms with van der Waals surface area (Å²) in [4.78, 5) is 5.25. The maximum absolute atomic E-state index is 14.3. The third kappa shape index (κ3) is 10.3. The minimum Gasteiger partial charge on any atom is -0.372 e. The van der Waals surface area contributed by atoms with Crippen molar-refractivity contribution in [3.8, 4) is 0 Å². The Bertz CT molecular complexity index is 1680. The molecule has 0 saturated carbocycles. The zero-order chi connectivity index (χ0) is 34.2. The van der Waals surface area contributed by atoms with E-state index in [2.05, 4.69) is 73.9 Å². The van der Waals surface area contributed by atoms with Crippen molar-refractivity contribution in [2.24, 2.45) is 0 Å². The highest BCUT2D eigenvalue weighted by Crippen LogP contribution is 2.33. The van der Waals surface area contributed by atoms with Gasteiger partial charge in [-0.05, 0) is 84.0 Å². The lowest BCUT2D eigenvalue weighted by Crippen LogP contribution is -2.25. The molecule has 4 rings (SSSR count). The van der Waals surface area contributed by atoms with E-state index >= 15 is 0 Å². The Morgan fingerprint density at radius 2 is 1.08 bits per heavy atom. The first-order chi connectivity index (χ1) is 23.4. The number of sulfone groups is 1. The van der Waals surface area contributed by atoms with Crippen LogP contribution in [0.25, 0.3) is 16.8 Å². The third-order valence-corrected chi connectivity index (χ3v) is 11.0. The Morgan fingerprint density at radius 1 is 0.583 bits per heavy atom. The van der Waals surface area contributed by atoms with E-state index < -0.39 is 15.1 Å². The van der Waals surface area contributed by atoms with Crippen molar-refractivity contribution in [3.63, 3.8) is 0 Å². The van der Waals surface area contributed by atoms with Gasteiger partial charge in [-0.25, -0.2) is 8.42 Å². The first-order valence-electron chi connectivity index (χ1n) is 18.2. The van der Waals surface area contributed by atoms with E-state index in [1.54, 1.807) is 12.1 Å². The van der Waals surface area contributed by atoms with Gasteiger partial charge in [-0.2, -0.15) is 0 Å². The molecule has 4 aromatic carbocycles. The standard InChI is InChI=1S/C43H56N2O2S/c1-5-9-31-44(32-10-6-2)40-26-21-36(22-27-40)17-13-16-20-43(48(46,47)42-30-25-37-18-14-15-19-39(37)35-42)38-23-28-41(29-24-38)45(33-11-7-3)34-12-8-4/h13-30,35,43H,5-12,31-34H2,1-4H3. The zero-order valence-electron chi connectivity index (χ0n) is 29.7. The van der Waals surface area contributed by atoms with Gasteiger partial charge in [0.1, 0.15) is 5.25 Å². The average Bonchev–Trinajstić information content (AvgIpc) is 3.12. The van der Waals surface area contributed by atoms with E-state index in [-0.39, 0.29) is 0 Å². The Hall–Kier alpha value is -3.83. The summed E-state index contributed by atoms with van der Waals surface area (Å²) < 4.78 is 28.6. The molecular weight excluding hydrogens is 609 g/mol. The molecule has 0 aromatic heterocycles. The first kappa shape index (κ1) is 37.0. The van der Waals surface area contributed by atoms with Crippen LogP contribution in [0.5, 0.6) is 0 Å². The Balaban J connectivity index is 1.61. The van der Waals surface area contributed by atoms with Crippen molar-refractivity contribution in [1.82, 2.24) is 0 Å². The molecule has 256 valence electrons. The van der Waals surface area contributed by atoms with E-state index in [1.807, 2.05) is 66.8 Å². The van der Waals surface area contributed by atoms with Gasteiger partial charge in [0.05, 0.1) is 4.90 Å². The molecule has 0 radical (unpaired) electrons. The summed E-state index contributed by atoms with van der Waals surface area (Å²) >= 11 is 0. The van der Waals surface area contributed by atoms with E-state index in [1.165, 1.54) is 31.4 Å². The number of hydrogen-bond acceptors (Lipinski definition) is 4. The van der Waals surface area contributed by atoms with Crippen LogP contribution in [0.15, 0.2) is 114 Å². The summed E-state index contributed by atoms with van der Waals surface area (Å²) in [5.74, 6) is 0. The lowest BCUT2D eigenvalue weighted by Gasteiger charge is -2.25. The smallest absolute Gasteiger partial charge is 0.188 e. The van der Waals surface area contributed by atoms with Gasteiger partial charge in [0.25, 0.3) is 0 Å². The second-order valence-corrected chi connectivity index (χ2v) is 14.9. The van der Waals surface area contributed by atoms with Crippen molar-refractivity contribution in [2.45, 2.75) is 89.2 Å².